The lowest BCUT2D eigenvalue weighted by Gasteiger charge is -2.23. The first-order valence-electron chi connectivity index (χ1n) is 6.44. The summed E-state index contributed by atoms with van der Waals surface area (Å²) in [6.07, 6.45) is 2.92. The molecule has 0 spiro atoms. The molecule has 0 aliphatic carbocycles. The first kappa shape index (κ1) is 13.9. The van der Waals surface area contributed by atoms with Crippen LogP contribution in [0.5, 0.6) is 0 Å². The molecule has 1 aliphatic heterocycles. The number of carbonyl (C=O) groups is 2. The number of hydrogen-bond acceptors (Lipinski definition) is 2. The van der Waals surface area contributed by atoms with Crippen LogP contribution in [0.4, 0.5) is 10.5 Å². The summed E-state index contributed by atoms with van der Waals surface area (Å²) in [4.78, 5) is 25.3. The number of fused-ring (bicyclic) bond motifs is 1. The molecule has 1 heterocycles. The number of imide groups is 1. The molecule has 102 valence electrons. The van der Waals surface area contributed by atoms with E-state index in [2.05, 4.69) is 5.32 Å². The van der Waals surface area contributed by atoms with Crippen LogP contribution in [-0.4, -0.2) is 23.9 Å². The average molecular weight is 281 g/mol. The Kier molecular flexibility index (Phi) is 4.43. The van der Waals surface area contributed by atoms with E-state index in [0.717, 1.165) is 30.5 Å². The number of carbonyl (C=O) groups excluding carboxylic acids is 2. The van der Waals surface area contributed by atoms with E-state index in [1.54, 1.807) is 11.8 Å². The maximum atomic E-state index is 12.2. The summed E-state index contributed by atoms with van der Waals surface area (Å²) in [6, 6.07) is 7.40. The van der Waals surface area contributed by atoms with Crippen molar-refractivity contribution in [3.8, 4) is 0 Å². The van der Waals surface area contributed by atoms with Crippen LogP contribution in [0, 0.1) is 0 Å². The molecule has 1 unspecified atom stereocenters. The number of para-hydroxylation sites is 1. The number of amides is 3. The predicted molar refractivity (Wildman–Crippen MR) is 75.6 cm³/mol. The van der Waals surface area contributed by atoms with E-state index in [1.807, 2.05) is 24.3 Å². The first-order chi connectivity index (χ1) is 9.09. The van der Waals surface area contributed by atoms with Crippen molar-refractivity contribution in [3.63, 3.8) is 0 Å². The van der Waals surface area contributed by atoms with Gasteiger partial charge in [0.2, 0.25) is 5.91 Å². The molecule has 5 heteroatoms. The third-order valence-corrected chi connectivity index (χ3v) is 3.40. The van der Waals surface area contributed by atoms with Gasteiger partial charge < -0.3 is 0 Å². The lowest BCUT2D eigenvalue weighted by molar-refractivity contribution is -0.119. The molecule has 0 bridgehead atoms. The topological polar surface area (TPSA) is 49.4 Å². The van der Waals surface area contributed by atoms with Crippen LogP contribution in [-0.2, 0) is 11.2 Å². The Labute approximate surface area is 117 Å². The van der Waals surface area contributed by atoms with Gasteiger partial charge in [-0.1, -0.05) is 18.2 Å². The number of alkyl halides is 1. The van der Waals surface area contributed by atoms with Crippen LogP contribution < -0.4 is 10.2 Å². The Morgan fingerprint density at radius 2 is 2.05 bits per heavy atom. The summed E-state index contributed by atoms with van der Waals surface area (Å²) in [5.74, 6) is -0.464. The summed E-state index contributed by atoms with van der Waals surface area (Å²) >= 11 is 5.66. The molecule has 0 saturated carbocycles. The number of hydrogen-bond donors (Lipinski definition) is 1. The van der Waals surface area contributed by atoms with Crippen molar-refractivity contribution < 1.29 is 9.59 Å². The van der Waals surface area contributed by atoms with E-state index < -0.39 is 17.3 Å². The molecule has 1 aromatic rings. The van der Waals surface area contributed by atoms with Crippen LogP contribution >= 0.6 is 11.6 Å². The van der Waals surface area contributed by atoms with E-state index in [0.29, 0.717) is 6.54 Å². The van der Waals surface area contributed by atoms with Crippen LogP contribution in [0.1, 0.15) is 25.3 Å². The van der Waals surface area contributed by atoms with Crippen LogP contribution in [0.2, 0.25) is 0 Å². The molecular weight excluding hydrogens is 264 g/mol. The molecule has 0 fully saturated rings. The zero-order valence-electron chi connectivity index (χ0n) is 10.9. The van der Waals surface area contributed by atoms with E-state index in [4.69, 9.17) is 11.6 Å². The largest absolute Gasteiger partial charge is 0.328 e. The second-order valence-corrected chi connectivity index (χ2v) is 5.30. The third-order valence-electron chi connectivity index (χ3n) is 3.20. The van der Waals surface area contributed by atoms with Crippen molar-refractivity contribution >= 4 is 29.2 Å². The van der Waals surface area contributed by atoms with E-state index in [1.165, 1.54) is 0 Å². The van der Waals surface area contributed by atoms with Crippen LogP contribution in [0.3, 0.4) is 0 Å². The number of aryl methyl sites for hydroxylation is 1. The van der Waals surface area contributed by atoms with Gasteiger partial charge >= 0.3 is 6.03 Å². The third kappa shape index (κ3) is 3.26. The molecule has 1 aliphatic rings. The maximum absolute atomic E-state index is 12.2. The summed E-state index contributed by atoms with van der Waals surface area (Å²) in [5, 5.41) is 1.62. The molecular formula is C14H17ClN2O2. The number of anilines is 1. The number of nitrogens with one attached hydrogen (secondary N) is 1. The lowest BCUT2D eigenvalue weighted by Crippen LogP contribution is -2.45. The lowest BCUT2D eigenvalue weighted by atomic mass is 10.1. The summed E-state index contributed by atoms with van der Waals surface area (Å²) in [7, 11) is 0. The second kappa shape index (κ2) is 6.06. The van der Waals surface area contributed by atoms with Crippen molar-refractivity contribution in [1.82, 2.24) is 5.32 Å². The number of benzene rings is 1. The monoisotopic (exact) mass is 280 g/mol. The highest BCUT2D eigenvalue weighted by atomic mass is 35.5. The Hall–Kier alpha value is -1.55. The fourth-order valence-electron chi connectivity index (χ4n) is 2.17. The van der Waals surface area contributed by atoms with Crippen molar-refractivity contribution in [2.75, 3.05) is 11.4 Å². The molecule has 4 nitrogen and oxygen atoms in total. The highest BCUT2D eigenvalue weighted by Gasteiger charge is 2.23. The van der Waals surface area contributed by atoms with Crippen LogP contribution in [0.25, 0.3) is 0 Å². The SMILES string of the molecule is CC(Cl)C(=O)NC(=O)N1CCCCc2ccccc21. The Bertz CT molecular complexity index is 488. The molecule has 1 N–H and O–H groups in total. The minimum Gasteiger partial charge on any atom is -0.294 e. The normalized spacial score (nSPS) is 16.2. The zero-order chi connectivity index (χ0) is 13.8. The molecule has 19 heavy (non-hydrogen) atoms. The Morgan fingerprint density at radius 3 is 2.79 bits per heavy atom. The van der Waals surface area contributed by atoms with E-state index >= 15 is 0 Å². The standard InChI is InChI=1S/C14H17ClN2O2/c1-10(15)13(18)16-14(19)17-9-5-4-7-11-6-2-3-8-12(11)17/h2-3,6,8,10H,4-5,7,9H2,1H3,(H,16,18,19). The number of urea groups is 1. The molecule has 1 aromatic carbocycles. The van der Waals surface area contributed by atoms with Gasteiger partial charge in [-0.05, 0) is 37.8 Å². The van der Waals surface area contributed by atoms with Gasteiger partial charge in [0.1, 0.15) is 5.38 Å². The molecule has 0 aromatic heterocycles. The molecule has 1 atom stereocenters. The van der Waals surface area contributed by atoms with Gasteiger partial charge in [0, 0.05) is 12.2 Å². The fourth-order valence-corrected chi connectivity index (χ4v) is 2.23. The zero-order valence-corrected chi connectivity index (χ0v) is 11.6. The first-order valence-corrected chi connectivity index (χ1v) is 6.87. The predicted octanol–water partition coefficient (Wildman–Crippen LogP) is 2.69. The van der Waals surface area contributed by atoms with Crippen molar-refractivity contribution in [3.05, 3.63) is 29.8 Å². The number of nitrogens with zero attached hydrogens (tertiary/aromatic N) is 1. The Morgan fingerprint density at radius 1 is 1.32 bits per heavy atom. The maximum Gasteiger partial charge on any atom is 0.328 e. The average Bonchev–Trinajstić information content (AvgIpc) is 2.60. The fraction of sp³-hybridized carbons (Fsp3) is 0.429. The minimum absolute atomic E-state index is 0.396. The minimum atomic E-state index is -0.717. The van der Waals surface area contributed by atoms with Gasteiger partial charge in [0.15, 0.2) is 0 Å². The summed E-state index contributed by atoms with van der Waals surface area (Å²) in [6.45, 7) is 2.16. The summed E-state index contributed by atoms with van der Waals surface area (Å²) < 4.78 is 0. The Balaban J connectivity index is 2.20. The van der Waals surface area contributed by atoms with Gasteiger partial charge in [0.05, 0.1) is 0 Å². The molecule has 3 amide bonds. The molecule has 2 rings (SSSR count). The second-order valence-electron chi connectivity index (χ2n) is 4.65. The molecule has 0 radical (unpaired) electrons. The van der Waals surface area contributed by atoms with E-state index in [-0.39, 0.29) is 0 Å². The van der Waals surface area contributed by atoms with Gasteiger partial charge in [-0.2, -0.15) is 0 Å². The van der Waals surface area contributed by atoms with Gasteiger partial charge in [-0.3, -0.25) is 15.0 Å². The van der Waals surface area contributed by atoms with Crippen LogP contribution in [0.15, 0.2) is 24.3 Å². The smallest absolute Gasteiger partial charge is 0.294 e. The highest BCUT2D eigenvalue weighted by Crippen LogP contribution is 2.25. The van der Waals surface area contributed by atoms with Gasteiger partial charge in [0.25, 0.3) is 0 Å². The van der Waals surface area contributed by atoms with E-state index in [9.17, 15) is 9.59 Å². The highest BCUT2D eigenvalue weighted by molar-refractivity contribution is 6.31. The summed E-state index contributed by atoms with van der Waals surface area (Å²) in [5.41, 5.74) is 2.02. The van der Waals surface area contributed by atoms with Gasteiger partial charge in [-0.15, -0.1) is 11.6 Å². The molecule has 0 saturated heterocycles. The van der Waals surface area contributed by atoms with Gasteiger partial charge in [-0.25, -0.2) is 4.79 Å². The quantitative estimate of drug-likeness (QED) is 0.804. The van der Waals surface area contributed by atoms with Crippen molar-refractivity contribution in [2.24, 2.45) is 0 Å². The van der Waals surface area contributed by atoms with Crippen molar-refractivity contribution in [1.29, 1.82) is 0 Å². The number of rotatable bonds is 1. The number of halogens is 1. The van der Waals surface area contributed by atoms with Crippen molar-refractivity contribution in [2.45, 2.75) is 31.6 Å².